The van der Waals surface area contributed by atoms with Gasteiger partial charge in [0, 0.05) is 18.2 Å². The smallest absolute Gasteiger partial charge is 0.166 e. The van der Waals surface area contributed by atoms with E-state index in [-0.39, 0.29) is 12.6 Å². The molecule has 6 heteroatoms. The summed E-state index contributed by atoms with van der Waals surface area (Å²) >= 11 is 0. The second-order valence-corrected chi connectivity index (χ2v) is 6.12. The lowest BCUT2D eigenvalue weighted by Crippen LogP contribution is -2.09. The highest BCUT2D eigenvalue weighted by atomic mass is 16.3. The van der Waals surface area contributed by atoms with Gasteiger partial charge in [0.15, 0.2) is 17.0 Å². The number of fused-ring (bicyclic) bond motifs is 1. The molecule has 118 valence electrons. The quantitative estimate of drug-likeness (QED) is 0.775. The van der Waals surface area contributed by atoms with Gasteiger partial charge in [-0.2, -0.15) is 0 Å². The van der Waals surface area contributed by atoms with Gasteiger partial charge in [0.1, 0.15) is 12.2 Å². The molecule has 23 heavy (non-hydrogen) atoms. The highest BCUT2D eigenvalue weighted by Gasteiger charge is 2.29. The molecule has 2 heterocycles. The van der Waals surface area contributed by atoms with Crippen LogP contribution in [-0.2, 0) is 0 Å². The summed E-state index contributed by atoms with van der Waals surface area (Å²) in [6, 6.07) is 10.3. The summed E-state index contributed by atoms with van der Waals surface area (Å²) in [5, 5.41) is 9.45. The maximum Gasteiger partial charge on any atom is 0.166 e. The zero-order valence-corrected chi connectivity index (χ0v) is 12.8. The number of hydrogen-bond donors (Lipinski definition) is 2. The minimum absolute atomic E-state index is 0.237. The Morgan fingerprint density at radius 3 is 2.74 bits per heavy atom. The summed E-state index contributed by atoms with van der Waals surface area (Å²) < 4.78 is 2.18. The number of nitrogens with two attached hydrogens (primary N) is 1. The van der Waals surface area contributed by atoms with E-state index in [2.05, 4.69) is 14.5 Å². The van der Waals surface area contributed by atoms with E-state index in [4.69, 9.17) is 10.7 Å². The SMILES string of the molecule is Nc1ncnc2c1nc(-c1ccccc1)n2[C@H]1CC[C@@H](CO)C1. The second-order valence-electron chi connectivity index (χ2n) is 6.12. The van der Waals surface area contributed by atoms with Crippen molar-refractivity contribution >= 4 is 17.0 Å². The monoisotopic (exact) mass is 309 g/mol. The molecule has 0 saturated heterocycles. The van der Waals surface area contributed by atoms with Gasteiger partial charge >= 0.3 is 0 Å². The molecule has 0 aliphatic heterocycles. The highest BCUT2D eigenvalue weighted by molar-refractivity contribution is 5.85. The molecule has 0 unspecified atom stereocenters. The van der Waals surface area contributed by atoms with E-state index < -0.39 is 0 Å². The van der Waals surface area contributed by atoms with Crippen LogP contribution in [0.5, 0.6) is 0 Å². The average Bonchev–Trinajstić information content (AvgIpc) is 3.20. The zero-order chi connectivity index (χ0) is 15.8. The standard InChI is InChI=1S/C17H19N5O/c18-15-14-17(20-10-19-15)22(13-7-6-11(8-13)9-23)16(21-14)12-4-2-1-3-5-12/h1-5,10-11,13,23H,6-9H2,(H2,18,19,20)/t11-,13+/m1/s1. The number of nitrogen functional groups attached to an aromatic ring is 1. The number of anilines is 1. The number of aliphatic hydroxyl groups excluding tert-OH is 1. The van der Waals surface area contributed by atoms with Crippen LogP contribution in [0.4, 0.5) is 5.82 Å². The summed E-state index contributed by atoms with van der Waals surface area (Å²) in [6.07, 6.45) is 4.46. The van der Waals surface area contributed by atoms with Gasteiger partial charge in [-0.25, -0.2) is 15.0 Å². The van der Waals surface area contributed by atoms with Crippen molar-refractivity contribution in [2.24, 2.45) is 5.92 Å². The molecule has 3 N–H and O–H groups in total. The molecule has 2 atom stereocenters. The Morgan fingerprint density at radius 2 is 2.00 bits per heavy atom. The molecule has 0 radical (unpaired) electrons. The van der Waals surface area contributed by atoms with E-state index in [9.17, 15) is 5.11 Å². The lowest BCUT2D eigenvalue weighted by molar-refractivity contribution is 0.226. The third-order valence-corrected chi connectivity index (χ3v) is 4.67. The van der Waals surface area contributed by atoms with Crippen molar-refractivity contribution in [2.75, 3.05) is 12.3 Å². The van der Waals surface area contributed by atoms with Crippen LogP contribution < -0.4 is 5.73 Å². The van der Waals surface area contributed by atoms with Crippen molar-refractivity contribution in [3.05, 3.63) is 36.7 Å². The molecule has 2 aromatic heterocycles. The molecule has 1 aromatic carbocycles. The van der Waals surface area contributed by atoms with Gasteiger partial charge < -0.3 is 15.4 Å². The Hall–Kier alpha value is -2.47. The van der Waals surface area contributed by atoms with E-state index in [1.165, 1.54) is 6.33 Å². The molecule has 0 spiro atoms. The van der Waals surface area contributed by atoms with Crippen molar-refractivity contribution in [3.8, 4) is 11.4 Å². The number of imidazole rings is 1. The van der Waals surface area contributed by atoms with Crippen molar-refractivity contribution in [2.45, 2.75) is 25.3 Å². The lowest BCUT2D eigenvalue weighted by Gasteiger charge is -2.16. The normalized spacial score (nSPS) is 21.1. The van der Waals surface area contributed by atoms with Crippen LogP contribution in [0, 0.1) is 5.92 Å². The summed E-state index contributed by atoms with van der Waals surface area (Å²) in [7, 11) is 0. The largest absolute Gasteiger partial charge is 0.396 e. The van der Waals surface area contributed by atoms with Crippen LogP contribution in [0.15, 0.2) is 36.7 Å². The maximum atomic E-state index is 9.45. The lowest BCUT2D eigenvalue weighted by atomic mass is 10.1. The van der Waals surface area contributed by atoms with Crippen LogP contribution in [-0.4, -0.2) is 31.2 Å². The molecule has 6 nitrogen and oxygen atoms in total. The predicted octanol–water partition coefficient (Wildman–Crippen LogP) is 2.41. The molecule has 0 bridgehead atoms. The van der Waals surface area contributed by atoms with Crippen LogP contribution >= 0.6 is 0 Å². The minimum Gasteiger partial charge on any atom is -0.396 e. The number of nitrogens with zero attached hydrogens (tertiary/aromatic N) is 4. The van der Waals surface area contributed by atoms with Crippen LogP contribution in [0.3, 0.4) is 0 Å². The van der Waals surface area contributed by atoms with Gasteiger partial charge in [-0.05, 0) is 25.2 Å². The van der Waals surface area contributed by atoms with Gasteiger partial charge in [0.2, 0.25) is 0 Å². The summed E-state index contributed by atoms with van der Waals surface area (Å²) in [5.74, 6) is 1.62. The number of benzene rings is 1. The minimum atomic E-state index is 0.237. The average molecular weight is 309 g/mol. The Kier molecular flexibility index (Phi) is 3.46. The van der Waals surface area contributed by atoms with E-state index >= 15 is 0 Å². The second kappa shape index (κ2) is 5.62. The number of hydrogen-bond acceptors (Lipinski definition) is 5. The van der Waals surface area contributed by atoms with Gasteiger partial charge in [0.05, 0.1) is 0 Å². The molecular formula is C17H19N5O. The highest BCUT2D eigenvalue weighted by Crippen LogP contribution is 2.39. The third-order valence-electron chi connectivity index (χ3n) is 4.67. The topological polar surface area (TPSA) is 89.9 Å². The van der Waals surface area contributed by atoms with Crippen LogP contribution in [0.25, 0.3) is 22.6 Å². The van der Waals surface area contributed by atoms with Gasteiger partial charge in [-0.1, -0.05) is 30.3 Å². The van der Waals surface area contributed by atoms with Gasteiger partial charge in [-0.15, -0.1) is 0 Å². The fraction of sp³-hybridized carbons (Fsp3) is 0.353. The molecular weight excluding hydrogens is 290 g/mol. The van der Waals surface area contributed by atoms with Crippen LogP contribution in [0.2, 0.25) is 0 Å². The van der Waals surface area contributed by atoms with Gasteiger partial charge in [-0.3, -0.25) is 0 Å². The fourth-order valence-electron chi connectivity index (χ4n) is 3.51. The fourth-order valence-corrected chi connectivity index (χ4v) is 3.51. The van der Waals surface area contributed by atoms with Crippen LogP contribution in [0.1, 0.15) is 25.3 Å². The molecule has 4 rings (SSSR count). The van der Waals surface area contributed by atoms with E-state index in [0.717, 1.165) is 36.3 Å². The Bertz CT molecular complexity index is 830. The Balaban J connectivity index is 1.91. The molecule has 1 fully saturated rings. The Morgan fingerprint density at radius 1 is 1.17 bits per heavy atom. The third kappa shape index (κ3) is 2.35. The van der Waals surface area contributed by atoms with Crippen molar-refractivity contribution < 1.29 is 5.11 Å². The number of aromatic nitrogens is 4. The molecule has 3 aromatic rings. The predicted molar refractivity (Wildman–Crippen MR) is 88.6 cm³/mol. The first-order valence-electron chi connectivity index (χ1n) is 7.92. The maximum absolute atomic E-state index is 9.45. The van der Waals surface area contributed by atoms with Gasteiger partial charge in [0.25, 0.3) is 0 Å². The molecule has 0 amide bonds. The van der Waals surface area contributed by atoms with Crippen molar-refractivity contribution in [1.82, 2.24) is 19.5 Å². The van der Waals surface area contributed by atoms with E-state index in [0.29, 0.717) is 17.3 Å². The first-order valence-corrected chi connectivity index (χ1v) is 7.92. The Labute approximate surface area is 134 Å². The number of rotatable bonds is 3. The first kappa shape index (κ1) is 14.1. The van der Waals surface area contributed by atoms with Crippen molar-refractivity contribution in [1.29, 1.82) is 0 Å². The van der Waals surface area contributed by atoms with E-state index in [1.807, 2.05) is 30.3 Å². The molecule has 1 aliphatic carbocycles. The van der Waals surface area contributed by atoms with Crippen molar-refractivity contribution in [3.63, 3.8) is 0 Å². The summed E-state index contributed by atoms with van der Waals surface area (Å²) in [6.45, 7) is 0.237. The molecule has 1 aliphatic rings. The zero-order valence-electron chi connectivity index (χ0n) is 12.8. The first-order chi connectivity index (χ1) is 11.3. The summed E-state index contributed by atoms with van der Waals surface area (Å²) in [5.41, 5.74) is 8.47. The van der Waals surface area contributed by atoms with E-state index in [1.54, 1.807) is 0 Å². The molecule has 1 saturated carbocycles. The summed E-state index contributed by atoms with van der Waals surface area (Å²) in [4.78, 5) is 13.2. The number of aliphatic hydroxyl groups is 1.